The summed E-state index contributed by atoms with van der Waals surface area (Å²) in [6.45, 7) is 4.88. The zero-order valence-electron chi connectivity index (χ0n) is 9.25. The minimum atomic E-state index is 0.459. The molecule has 80 valence electrons. The summed E-state index contributed by atoms with van der Waals surface area (Å²) < 4.78 is 1.79. The third-order valence-electron chi connectivity index (χ3n) is 2.23. The molecule has 4 nitrogen and oxygen atoms in total. The molecule has 4 heteroatoms. The number of hydrogen-bond donors (Lipinski definition) is 2. The van der Waals surface area contributed by atoms with E-state index >= 15 is 0 Å². The Morgan fingerprint density at radius 2 is 2.36 bits per heavy atom. The molecule has 0 radical (unpaired) electrons. The molecule has 0 aliphatic carbocycles. The van der Waals surface area contributed by atoms with Gasteiger partial charge >= 0.3 is 0 Å². The SMILES string of the molecule is CCCC(C)Nc1nn(C)cc1CN. The van der Waals surface area contributed by atoms with Crippen molar-refractivity contribution in [1.82, 2.24) is 9.78 Å². The Labute approximate surface area is 85.5 Å². The summed E-state index contributed by atoms with van der Waals surface area (Å²) in [5.41, 5.74) is 6.70. The summed E-state index contributed by atoms with van der Waals surface area (Å²) in [5.74, 6) is 0.927. The highest BCUT2D eigenvalue weighted by Crippen LogP contribution is 2.13. The Morgan fingerprint density at radius 3 is 2.93 bits per heavy atom. The van der Waals surface area contributed by atoms with Gasteiger partial charge in [-0.2, -0.15) is 5.10 Å². The molecule has 0 aromatic carbocycles. The van der Waals surface area contributed by atoms with Crippen LogP contribution in [-0.4, -0.2) is 15.8 Å². The van der Waals surface area contributed by atoms with E-state index < -0.39 is 0 Å². The average molecular weight is 196 g/mol. The third-order valence-corrected chi connectivity index (χ3v) is 2.23. The van der Waals surface area contributed by atoms with Crippen molar-refractivity contribution >= 4 is 5.82 Å². The van der Waals surface area contributed by atoms with Crippen molar-refractivity contribution in [2.45, 2.75) is 39.3 Å². The fourth-order valence-corrected chi connectivity index (χ4v) is 1.55. The van der Waals surface area contributed by atoms with Gasteiger partial charge in [0, 0.05) is 31.4 Å². The van der Waals surface area contributed by atoms with E-state index in [1.165, 1.54) is 6.42 Å². The van der Waals surface area contributed by atoms with E-state index in [1.807, 2.05) is 13.2 Å². The van der Waals surface area contributed by atoms with E-state index in [2.05, 4.69) is 24.3 Å². The van der Waals surface area contributed by atoms with Gasteiger partial charge in [-0.25, -0.2) is 0 Å². The smallest absolute Gasteiger partial charge is 0.152 e. The van der Waals surface area contributed by atoms with E-state index in [4.69, 9.17) is 5.73 Å². The second-order valence-corrected chi connectivity index (χ2v) is 3.71. The van der Waals surface area contributed by atoms with Crippen LogP contribution < -0.4 is 11.1 Å². The lowest BCUT2D eigenvalue weighted by Crippen LogP contribution is -2.16. The van der Waals surface area contributed by atoms with Crippen molar-refractivity contribution in [3.8, 4) is 0 Å². The molecule has 1 aromatic rings. The number of aromatic nitrogens is 2. The summed E-state index contributed by atoms with van der Waals surface area (Å²) in [6.07, 6.45) is 4.29. The molecule has 1 aromatic heterocycles. The highest BCUT2D eigenvalue weighted by atomic mass is 15.3. The topological polar surface area (TPSA) is 55.9 Å². The largest absolute Gasteiger partial charge is 0.366 e. The van der Waals surface area contributed by atoms with Gasteiger partial charge in [-0.15, -0.1) is 0 Å². The number of nitrogens with zero attached hydrogens (tertiary/aromatic N) is 2. The number of nitrogens with two attached hydrogens (primary N) is 1. The molecule has 0 aliphatic heterocycles. The molecule has 0 amide bonds. The van der Waals surface area contributed by atoms with Crippen LogP contribution in [0.15, 0.2) is 6.20 Å². The van der Waals surface area contributed by atoms with Gasteiger partial charge in [0.2, 0.25) is 0 Å². The van der Waals surface area contributed by atoms with Gasteiger partial charge in [0.05, 0.1) is 0 Å². The first-order valence-electron chi connectivity index (χ1n) is 5.16. The van der Waals surface area contributed by atoms with Gasteiger partial charge in [-0.1, -0.05) is 13.3 Å². The molecule has 0 bridgehead atoms. The first kappa shape index (κ1) is 11.0. The van der Waals surface area contributed by atoms with Gasteiger partial charge < -0.3 is 11.1 Å². The summed E-state index contributed by atoms with van der Waals surface area (Å²) in [6, 6.07) is 0.459. The fourth-order valence-electron chi connectivity index (χ4n) is 1.55. The number of nitrogens with one attached hydrogen (secondary N) is 1. The lowest BCUT2D eigenvalue weighted by atomic mass is 10.2. The second-order valence-electron chi connectivity index (χ2n) is 3.71. The number of anilines is 1. The molecule has 14 heavy (non-hydrogen) atoms. The third kappa shape index (κ3) is 2.73. The molecule has 3 N–H and O–H groups in total. The van der Waals surface area contributed by atoms with Gasteiger partial charge in [-0.3, -0.25) is 4.68 Å². The molecule has 1 unspecified atom stereocenters. The van der Waals surface area contributed by atoms with Gasteiger partial charge in [0.25, 0.3) is 0 Å². The fraction of sp³-hybridized carbons (Fsp3) is 0.700. The first-order chi connectivity index (χ1) is 6.67. The van der Waals surface area contributed by atoms with Crippen LogP contribution in [0.4, 0.5) is 5.82 Å². The van der Waals surface area contributed by atoms with Gasteiger partial charge in [0.1, 0.15) is 0 Å². The van der Waals surface area contributed by atoms with E-state index in [-0.39, 0.29) is 0 Å². The predicted molar refractivity (Wildman–Crippen MR) is 59.1 cm³/mol. The maximum absolute atomic E-state index is 5.62. The molecule has 0 saturated heterocycles. The van der Waals surface area contributed by atoms with Crippen molar-refractivity contribution in [1.29, 1.82) is 0 Å². The summed E-state index contributed by atoms with van der Waals surface area (Å²) in [5, 5.41) is 7.70. The minimum absolute atomic E-state index is 0.459. The molecule has 0 aliphatic rings. The molecule has 0 saturated carbocycles. The van der Waals surface area contributed by atoms with Crippen molar-refractivity contribution in [2.24, 2.45) is 12.8 Å². The van der Waals surface area contributed by atoms with Crippen molar-refractivity contribution in [2.75, 3.05) is 5.32 Å². The second kappa shape index (κ2) is 5.00. The van der Waals surface area contributed by atoms with E-state index in [1.54, 1.807) is 4.68 Å². The van der Waals surface area contributed by atoms with Crippen molar-refractivity contribution < 1.29 is 0 Å². The molecule has 1 heterocycles. The van der Waals surface area contributed by atoms with Gasteiger partial charge in [-0.05, 0) is 13.3 Å². The Morgan fingerprint density at radius 1 is 1.64 bits per heavy atom. The monoisotopic (exact) mass is 196 g/mol. The van der Waals surface area contributed by atoms with Crippen LogP contribution in [0.25, 0.3) is 0 Å². The summed E-state index contributed by atoms with van der Waals surface area (Å²) in [7, 11) is 1.91. The molecule has 1 rings (SSSR count). The zero-order chi connectivity index (χ0) is 10.6. The van der Waals surface area contributed by atoms with Crippen LogP contribution in [0, 0.1) is 0 Å². The molecular formula is C10H20N4. The zero-order valence-corrected chi connectivity index (χ0v) is 9.25. The standard InChI is InChI=1S/C10H20N4/c1-4-5-8(2)12-10-9(6-11)7-14(3)13-10/h7-8H,4-6,11H2,1-3H3,(H,12,13). The maximum atomic E-state index is 5.62. The quantitative estimate of drug-likeness (QED) is 0.750. The lowest BCUT2D eigenvalue weighted by Gasteiger charge is -2.12. The minimum Gasteiger partial charge on any atom is -0.366 e. The maximum Gasteiger partial charge on any atom is 0.152 e. The Kier molecular flexibility index (Phi) is 3.95. The molecule has 1 atom stereocenters. The van der Waals surface area contributed by atoms with Crippen LogP contribution in [0.1, 0.15) is 32.3 Å². The van der Waals surface area contributed by atoms with Crippen molar-refractivity contribution in [3.05, 3.63) is 11.8 Å². The van der Waals surface area contributed by atoms with Crippen molar-refractivity contribution in [3.63, 3.8) is 0 Å². The average Bonchev–Trinajstić information content (AvgIpc) is 2.46. The number of rotatable bonds is 5. The normalized spacial score (nSPS) is 12.9. The molecule has 0 spiro atoms. The van der Waals surface area contributed by atoms with Crippen LogP contribution in [-0.2, 0) is 13.6 Å². The molecule has 0 fully saturated rings. The highest BCUT2D eigenvalue weighted by Gasteiger charge is 2.08. The lowest BCUT2D eigenvalue weighted by molar-refractivity contribution is 0.680. The van der Waals surface area contributed by atoms with E-state index in [0.29, 0.717) is 12.6 Å². The highest BCUT2D eigenvalue weighted by molar-refractivity contribution is 5.43. The number of aryl methyl sites for hydroxylation is 1. The Balaban J connectivity index is 2.65. The van der Waals surface area contributed by atoms with E-state index in [9.17, 15) is 0 Å². The predicted octanol–water partition coefficient (Wildman–Crippen LogP) is 1.48. The van der Waals surface area contributed by atoms with Crippen LogP contribution in [0.3, 0.4) is 0 Å². The Hall–Kier alpha value is -1.03. The Bertz CT molecular complexity index is 280. The van der Waals surface area contributed by atoms with Crippen LogP contribution >= 0.6 is 0 Å². The first-order valence-corrected chi connectivity index (χ1v) is 5.16. The van der Waals surface area contributed by atoms with Crippen LogP contribution in [0.5, 0.6) is 0 Å². The number of hydrogen-bond acceptors (Lipinski definition) is 3. The summed E-state index contributed by atoms with van der Waals surface area (Å²) in [4.78, 5) is 0. The van der Waals surface area contributed by atoms with Gasteiger partial charge in [0.15, 0.2) is 5.82 Å². The van der Waals surface area contributed by atoms with Crippen LogP contribution in [0.2, 0.25) is 0 Å². The molecular weight excluding hydrogens is 176 g/mol. The van der Waals surface area contributed by atoms with E-state index in [0.717, 1.165) is 17.8 Å². The summed E-state index contributed by atoms with van der Waals surface area (Å²) >= 11 is 0.